The molecule has 0 atom stereocenters. The standard InChI is InChI=1S/C18H18BrN3O3/c1-10-7-13(19)17-20-11(2)16(22(17)9-10)18(23)21-14-6-5-12(24-3)8-15(14)25-4/h5-9H,1-4H3,(H,21,23). The van der Waals surface area contributed by atoms with E-state index in [0.717, 1.165) is 10.0 Å². The topological polar surface area (TPSA) is 64.9 Å². The van der Waals surface area contributed by atoms with Gasteiger partial charge in [0.15, 0.2) is 5.65 Å². The van der Waals surface area contributed by atoms with E-state index in [-0.39, 0.29) is 5.91 Å². The number of amides is 1. The Bertz CT molecular complexity index is 966. The number of benzene rings is 1. The largest absolute Gasteiger partial charge is 0.497 e. The first-order valence-corrected chi connectivity index (χ1v) is 8.42. The number of rotatable bonds is 4. The molecule has 0 radical (unpaired) electrons. The van der Waals surface area contributed by atoms with E-state index in [9.17, 15) is 4.79 Å². The molecule has 0 aliphatic rings. The molecule has 0 spiro atoms. The van der Waals surface area contributed by atoms with Gasteiger partial charge in [-0.05, 0) is 53.5 Å². The molecule has 0 saturated heterocycles. The van der Waals surface area contributed by atoms with Crippen LogP contribution in [0.2, 0.25) is 0 Å². The zero-order valence-electron chi connectivity index (χ0n) is 14.4. The number of imidazole rings is 1. The maximum Gasteiger partial charge on any atom is 0.274 e. The van der Waals surface area contributed by atoms with Gasteiger partial charge >= 0.3 is 0 Å². The van der Waals surface area contributed by atoms with Crippen molar-refractivity contribution in [3.63, 3.8) is 0 Å². The Balaban J connectivity index is 2.02. The Kier molecular flexibility index (Phi) is 4.67. The number of hydrogen-bond acceptors (Lipinski definition) is 4. The number of aromatic nitrogens is 2. The second-order valence-corrected chi connectivity index (χ2v) is 6.48. The average Bonchev–Trinajstić information content (AvgIpc) is 2.91. The molecular weight excluding hydrogens is 386 g/mol. The van der Waals surface area contributed by atoms with E-state index in [1.165, 1.54) is 0 Å². The predicted molar refractivity (Wildman–Crippen MR) is 99.9 cm³/mol. The molecule has 1 amide bonds. The van der Waals surface area contributed by atoms with E-state index in [2.05, 4.69) is 26.2 Å². The first-order chi connectivity index (χ1) is 11.9. The van der Waals surface area contributed by atoms with Gasteiger partial charge in [0.25, 0.3) is 5.91 Å². The van der Waals surface area contributed by atoms with E-state index in [1.54, 1.807) is 36.8 Å². The van der Waals surface area contributed by atoms with Crippen LogP contribution in [0, 0.1) is 13.8 Å². The molecule has 0 aliphatic carbocycles. The number of hydrogen-bond donors (Lipinski definition) is 1. The minimum absolute atomic E-state index is 0.258. The highest BCUT2D eigenvalue weighted by molar-refractivity contribution is 9.10. The summed E-state index contributed by atoms with van der Waals surface area (Å²) in [5, 5.41) is 2.89. The van der Waals surface area contributed by atoms with Gasteiger partial charge in [-0.25, -0.2) is 4.98 Å². The van der Waals surface area contributed by atoms with Gasteiger partial charge in [-0.2, -0.15) is 0 Å². The van der Waals surface area contributed by atoms with Crippen LogP contribution in [0.3, 0.4) is 0 Å². The van der Waals surface area contributed by atoms with Gasteiger partial charge in [0.1, 0.15) is 17.2 Å². The third kappa shape index (κ3) is 3.19. The summed E-state index contributed by atoms with van der Waals surface area (Å²) in [7, 11) is 3.12. The normalized spacial score (nSPS) is 10.8. The summed E-state index contributed by atoms with van der Waals surface area (Å²) in [5.74, 6) is 0.919. The molecule has 2 aromatic heterocycles. The van der Waals surface area contributed by atoms with Gasteiger partial charge in [0.05, 0.1) is 30.1 Å². The van der Waals surface area contributed by atoms with Crippen LogP contribution in [-0.4, -0.2) is 29.5 Å². The molecule has 3 aromatic rings. The molecule has 0 saturated carbocycles. The molecule has 0 bridgehead atoms. The van der Waals surface area contributed by atoms with Crippen molar-refractivity contribution in [3.05, 3.63) is 51.9 Å². The van der Waals surface area contributed by atoms with E-state index in [1.807, 2.05) is 26.1 Å². The Morgan fingerprint density at radius 1 is 1.20 bits per heavy atom. The molecule has 6 nitrogen and oxygen atoms in total. The van der Waals surface area contributed by atoms with E-state index < -0.39 is 0 Å². The van der Waals surface area contributed by atoms with Crippen molar-refractivity contribution in [2.45, 2.75) is 13.8 Å². The summed E-state index contributed by atoms with van der Waals surface area (Å²) < 4.78 is 13.2. The highest BCUT2D eigenvalue weighted by atomic mass is 79.9. The minimum atomic E-state index is -0.258. The van der Waals surface area contributed by atoms with Crippen LogP contribution in [0.25, 0.3) is 5.65 Å². The Hall–Kier alpha value is -2.54. The SMILES string of the molecule is COc1ccc(NC(=O)c2c(C)nc3c(Br)cc(C)cn23)c(OC)c1. The zero-order chi connectivity index (χ0) is 18.1. The van der Waals surface area contributed by atoms with Crippen molar-refractivity contribution in [2.75, 3.05) is 19.5 Å². The Labute approximate surface area is 153 Å². The molecule has 1 N–H and O–H groups in total. The summed E-state index contributed by atoms with van der Waals surface area (Å²) in [4.78, 5) is 17.4. The number of aryl methyl sites for hydroxylation is 2. The van der Waals surface area contributed by atoms with Crippen molar-refractivity contribution in [2.24, 2.45) is 0 Å². The minimum Gasteiger partial charge on any atom is -0.497 e. The first-order valence-electron chi connectivity index (χ1n) is 7.62. The number of ether oxygens (including phenoxy) is 2. The van der Waals surface area contributed by atoms with Crippen molar-refractivity contribution >= 4 is 33.2 Å². The Morgan fingerprint density at radius 2 is 1.96 bits per heavy atom. The summed E-state index contributed by atoms with van der Waals surface area (Å²) in [5.41, 5.74) is 3.42. The fourth-order valence-corrected chi connectivity index (χ4v) is 3.34. The molecule has 25 heavy (non-hydrogen) atoms. The van der Waals surface area contributed by atoms with Crippen LogP contribution in [0.4, 0.5) is 5.69 Å². The molecule has 130 valence electrons. The van der Waals surface area contributed by atoms with Crippen LogP contribution in [0.1, 0.15) is 21.7 Å². The number of methoxy groups -OCH3 is 2. The fraction of sp³-hybridized carbons (Fsp3) is 0.222. The van der Waals surface area contributed by atoms with Gasteiger partial charge in [0, 0.05) is 12.3 Å². The monoisotopic (exact) mass is 403 g/mol. The third-order valence-electron chi connectivity index (χ3n) is 3.86. The van der Waals surface area contributed by atoms with Crippen molar-refractivity contribution in [1.29, 1.82) is 0 Å². The highest BCUT2D eigenvalue weighted by Crippen LogP contribution is 2.30. The zero-order valence-corrected chi connectivity index (χ0v) is 16.0. The fourth-order valence-electron chi connectivity index (χ4n) is 2.70. The van der Waals surface area contributed by atoms with Gasteiger partial charge in [-0.3, -0.25) is 9.20 Å². The van der Waals surface area contributed by atoms with Crippen LogP contribution >= 0.6 is 15.9 Å². The molecule has 3 rings (SSSR count). The molecule has 0 unspecified atom stereocenters. The van der Waals surface area contributed by atoms with Gasteiger partial charge in [-0.15, -0.1) is 0 Å². The quantitative estimate of drug-likeness (QED) is 0.715. The molecular formula is C18H18BrN3O3. The van der Waals surface area contributed by atoms with Crippen molar-refractivity contribution < 1.29 is 14.3 Å². The number of nitrogens with zero attached hydrogens (tertiary/aromatic N) is 2. The maximum absolute atomic E-state index is 12.9. The number of carbonyl (C=O) groups is 1. The van der Waals surface area contributed by atoms with E-state index >= 15 is 0 Å². The predicted octanol–water partition coefficient (Wildman–Crippen LogP) is 3.98. The second-order valence-electron chi connectivity index (χ2n) is 5.63. The van der Waals surface area contributed by atoms with Crippen molar-refractivity contribution in [1.82, 2.24) is 9.38 Å². The lowest BCUT2D eigenvalue weighted by Gasteiger charge is -2.12. The average molecular weight is 404 g/mol. The highest BCUT2D eigenvalue weighted by Gasteiger charge is 2.19. The van der Waals surface area contributed by atoms with Gasteiger partial charge in [0.2, 0.25) is 0 Å². The lowest BCUT2D eigenvalue weighted by atomic mass is 10.2. The second kappa shape index (κ2) is 6.76. The number of pyridine rings is 1. The summed E-state index contributed by atoms with van der Waals surface area (Å²) >= 11 is 3.50. The number of carbonyl (C=O) groups excluding carboxylic acids is 1. The summed E-state index contributed by atoms with van der Waals surface area (Å²) in [6.07, 6.45) is 1.89. The van der Waals surface area contributed by atoms with Crippen molar-refractivity contribution in [3.8, 4) is 11.5 Å². The van der Waals surface area contributed by atoms with Crippen LogP contribution in [0.5, 0.6) is 11.5 Å². The van der Waals surface area contributed by atoms with E-state index in [0.29, 0.717) is 34.2 Å². The van der Waals surface area contributed by atoms with E-state index in [4.69, 9.17) is 9.47 Å². The number of anilines is 1. The summed E-state index contributed by atoms with van der Waals surface area (Å²) in [6.45, 7) is 3.78. The van der Waals surface area contributed by atoms with Crippen LogP contribution < -0.4 is 14.8 Å². The Morgan fingerprint density at radius 3 is 2.64 bits per heavy atom. The first kappa shape index (κ1) is 17.3. The third-order valence-corrected chi connectivity index (χ3v) is 4.44. The lowest BCUT2D eigenvalue weighted by molar-refractivity contribution is 0.102. The summed E-state index contributed by atoms with van der Waals surface area (Å²) in [6, 6.07) is 7.20. The molecule has 0 aliphatic heterocycles. The number of fused-ring (bicyclic) bond motifs is 1. The lowest BCUT2D eigenvalue weighted by Crippen LogP contribution is -2.16. The maximum atomic E-state index is 12.9. The molecule has 2 heterocycles. The van der Waals surface area contributed by atoms with Gasteiger partial charge < -0.3 is 14.8 Å². The van der Waals surface area contributed by atoms with Crippen LogP contribution in [0.15, 0.2) is 34.9 Å². The molecule has 1 aromatic carbocycles. The van der Waals surface area contributed by atoms with Gasteiger partial charge in [-0.1, -0.05) is 0 Å². The molecule has 7 heteroatoms. The van der Waals surface area contributed by atoms with Crippen LogP contribution in [-0.2, 0) is 0 Å². The molecule has 0 fully saturated rings. The number of nitrogens with one attached hydrogen (secondary N) is 1. The number of halogens is 1. The smallest absolute Gasteiger partial charge is 0.274 e.